The summed E-state index contributed by atoms with van der Waals surface area (Å²) in [6.45, 7) is 3.35. The molecule has 1 fully saturated rings. The highest BCUT2D eigenvalue weighted by molar-refractivity contribution is 6.13. The van der Waals surface area contributed by atoms with Gasteiger partial charge in [-0.1, -0.05) is 0 Å². The monoisotopic (exact) mass is 383 g/mol. The van der Waals surface area contributed by atoms with Crippen molar-refractivity contribution >= 4 is 17.2 Å². The van der Waals surface area contributed by atoms with Crippen LogP contribution in [0.3, 0.4) is 0 Å². The standard InChI is InChI=1S/C18H22F3N5O.H2/c1-10(2)27-15-6-11(13(22)7-12(15)19)17(23)14-8-16(25(3)24-14)26-5-4-18(20,21)9-26;/h6-8,10,23H,4-5,9,22H2,1-3H3;1H. The van der Waals surface area contributed by atoms with E-state index in [1.807, 2.05) is 0 Å². The first-order valence-corrected chi connectivity index (χ1v) is 8.59. The predicted octanol–water partition coefficient (Wildman–Crippen LogP) is 3.44. The van der Waals surface area contributed by atoms with E-state index in [0.717, 1.165) is 6.07 Å². The van der Waals surface area contributed by atoms with Crippen molar-refractivity contribution in [3.05, 3.63) is 35.3 Å². The number of rotatable bonds is 5. The lowest BCUT2D eigenvalue weighted by Gasteiger charge is -2.17. The number of nitrogens with two attached hydrogens (primary N) is 1. The molecule has 1 aromatic carbocycles. The number of nitrogens with zero attached hydrogens (tertiary/aromatic N) is 3. The van der Waals surface area contributed by atoms with E-state index in [2.05, 4.69) is 5.10 Å². The molecule has 148 valence electrons. The van der Waals surface area contributed by atoms with Crippen LogP contribution >= 0.6 is 0 Å². The Bertz CT molecular complexity index is 884. The second-order valence-corrected chi connectivity index (χ2v) is 6.95. The van der Waals surface area contributed by atoms with Gasteiger partial charge in [0.2, 0.25) is 0 Å². The average molecular weight is 383 g/mol. The van der Waals surface area contributed by atoms with E-state index in [1.165, 1.54) is 15.6 Å². The van der Waals surface area contributed by atoms with Crippen LogP contribution in [0.25, 0.3) is 0 Å². The van der Waals surface area contributed by atoms with Crippen LogP contribution in [0.5, 0.6) is 5.75 Å². The predicted molar refractivity (Wildman–Crippen MR) is 99.6 cm³/mol. The molecule has 0 saturated carbocycles. The minimum Gasteiger partial charge on any atom is -0.488 e. The highest BCUT2D eigenvalue weighted by Gasteiger charge is 2.39. The van der Waals surface area contributed by atoms with E-state index in [0.29, 0.717) is 5.82 Å². The molecule has 0 aliphatic carbocycles. The number of nitrogens with one attached hydrogen (secondary N) is 1. The molecule has 3 rings (SSSR count). The van der Waals surface area contributed by atoms with Gasteiger partial charge in [0.15, 0.2) is 11.6 Å². The number of alkyl halides is 2. The number of nitrogen functional groups attached to an aromatic ring is 1. The number of anilines is 2. The fourth-order valence-electron chi connectivity index (χ4n) is 3.07. The van der Waals surface area contributed by atoms with Gasteiger partial charge in [-0.15, -0.1) is 0 Å². The summed E-state index contributed by atoms with van der Waals surface area (Å²) in [5, 5.41) is 12.7. The molecule has 0 amide bonds. The van der Waals surface area contributed by atoms with Crippen LogP contribution in [0.4, 0.5) is 24.7 Å². The lowest BCUT2D eigenvalue weighted by Crippen LogP contribution is -2.26. The van der Waals surface area contributed by atoms with Crippen molar-refractivity contribution in [2.24, 2.45) is 7.05 Å². The van der Waals surface area contributed by atoms with Crippen molar-refractivity contribution in [2.45, 2.75) is 32.3 Å². The minimum atomic E-state index is -2.73. The van der Waals surface area contributed by atoms with Gasteiger partial charge in [-0.3, -0.25) is 10.1 Å². The highest BCUT2D eigenvalue weighted by Crippen LogP contribution is 2.32. The molecule has 2 aromatic rings. The largest absolute Gasteiger partial charge is 0.488 e. The van der Waals surface area contributed by atoms with Crippen LogP contribution < -0.4 is 15.4 Å². The van der Waals surface area contributed by atoms with Crippen LogP contribution in [-0.4, -0.2) is 40.6 Å². The number of halogens is 3. The van der Waals surface area contributed by atoms with Gasteiger partial charge in [-0.2, -0.15) is 5.10 Å². The summed E-state index contributed by atoms with van der Waals surface area (Å²) in [6, 6.07) is 4.04. The zero-order valence-electron chi connectivity index (χ0n) is 15.4. The maximum Gasteiger partial charge on any atom is 0.266 e. The van der Waals surface area contributed by atoms with Crippen molar-refractivity contribution in [1.82, 2.24) is 9.78 Å². The summed E-state index contributed by atoms with van der Waals surface area (Å²) in [5.74, 6) is -2.86. The maximum atomic E-state index is 14.0. The van der Waals surface area contributed by atoms with Gasteiger partial charge in [0.1, 0.15) is 11.5 Å². The van der Waals surface area contributed by atoms with Crippen molar-refractivity contribution in [3.63, 3.8) is 0 Å². The molecule has 1 saturated heterocycles. The normalized spacial score (nSPS) is 16.2. The minimum absolute atomic E-state index is 0. The number of hydrogen-bond acceptors (Lipinski definition) is 5. The van der Waals surface area contributed by atoms with Gasteiger partial charge in [-0.05, 0) is 19.9 Å². The van der Waals surface area contributed by atoms with Gasteiger partial charge in [0, 0.05) is 44.8 Å². The Morgan fingerprint density at radius 1 is 1.37 bits per heavy atom. The topological polar surface area (TPSA) is 80.2 Å². The summed E-state index contributed by atoms with van der Waals surface area (Å²) in [5.41, 5.74) is 6.45. The summed E-state index contributed by atoms with van der Waals surface area (Å²) < 4.78 is 47.9. The van der Waals surface area contributed by atoms with Gasteiger partial charge >= 0.3 is 0 Å². The number of aryl methyl sites for hydroxylation is 1. The fourth-order valence-corrected chi connectivity index (χ4v) is 3.07. The molecule has 1 aliphatic rings. The lowest BCUT2D eigenvalue weighted by atomic mass is 10.0. The first-order chi connectivity index (χ1) is 12.6. The van der Waals surface area contributed by atoms with Crippen LogP contribution in [-0.2, 0) is 7.05 Å². The van der Waals surface area contributed by atoms with Gasteiger partial charge < -0.3 is 15.4 Å². The van der Waals surface area contributed by atoms with Gasteiger partial charge in [0.05, 0.1) is 18.4 Å². The fraction of sp³-hybridized carbons (Fsp3) is 0.444. The molecule has 0 radical (unpaired) electrons. The van der Waals surface area contributed by atoms with Crippen LogP contribution in [0.15, 0.2) is 18.2 Å². The summed E-state index contributed by atoms with van der Waals surface area (Å²) in [6.07, 6.45) is -0.463. The lowest BCUT2D eigenvalue weighted by molar-refractivity contribution is 0.0256. The van der Waals surface area contributed by atoms with E-state index in [4.69, 9.17) is 15.9 Å². The van der Waals surface area contributed by atoms with Crippen LogP contribution in [0, 0.1) is 11.2 Å². The number of benzene rings is 1. The molecular weight excluding hydrogens is 359 g/mol. The van der Waals surface area contributed by atoms with Crippen molar-refractivity contribution in [1.29, 1.82) is 5.41 Å². The third kappa shape index (κ3) is 3.86. The molecule has 0 atom stereocenters. The number of ether oxygens (including phenoxy) is 1. The molecule has 0 unspecified atom stereocenters. The van der Waals surface area contributed by atoms with Crippen LogP contribution in [0.2, 0.25) is 0 Å². The van der Waals surface area contributed by atoms with Crippen molar-refractivity contribution in [2.75, 3.05) is 23.7 Å². The first kappa shape index (κ1) is 19.1. The van der Waals surface area contributed by atoms with Gasteiger partial charge in [0.25, 0.3) is 5.92 Å². The summed E-state index contributed by atoms with van der Waals surface area (Å²) in [7, 11) is 1.63. The molecule has 2 heterocycles. The molecule has 27 heavy (non-hydrogen) atoms. The Morgan fingerprint density at radius 2 is 2.07 bits per heavy atom. The van der Waals surface area contributed by atoms with Crippen LogP contribution in [0.1, 0.15) is 33.0 Å². The van der Waals surface area contributed by atoms with Crippen molar-refractivity contribution < 1.29 is 19.3 Å². The number of hydrogen-bond donors (Lipinski definition) is 2. The Hall–Kier alpha value is -2.71. The SMILES string of the molecule is CC(C)Oc1cc(C(=N)c2cc(N3CCC(F)(F)C3)n(C)n2)c(N)cc1F.[HH]. The van der Waals surface area contributed by atoms with Gasteiger partial charge in [-0.25, -0.2) is 13.2 Å². The zero-order chi connectivity index (χ0) is 19.9. The van der Waals surface area contributed by atoms with E-state index in [9.17, 15) is 13.2 Å². The third-order valence-electron chi connectivity index (χ3n) is 4.34. The Kier molecular flexibility index (Phi) is 4.79. The molecule has 9 heteroatoms. The van der Waals surface area contributed by atoms with E-state index >= 15 is 0 Å². The molecule has 6 nitrogen and oxygen atoms in total. The Morgan fingerprint density at radius 3 is 2.67 bits per heavy atom. The van der Waals surface area contributed by atoms with E-state index in [1.54, 1.807) is 27.0 Å². The molecular formula is C18H24F3N5O. The Balaban J connectivity index is 0.00000280. The van der Waals surface area contributed by atoms with E-state index < -0.39 is 11.7 Å². The third-order valence-corrected chi connectivity index (χ3v) is 4.34. The second-order valence-electron chi connectivity index (χ2n) is 6.95. The highest BCUT2D eigenvalue weighted by atomic mass is 19.3. The average Bonchev–Trinajstić information content (AvgIpc) is 3.11. The summed E-state index contributed by atoms with van der Waals surface area (Å²) >= 11 is 0. The smallest absolute Gasteiger partial charge is 0.266 e. The molecule has 0 spiro atoms. The maximum absolute atomic E-state index is 14.0. The molecule has 1 aromatic heterocycles. The number of aromatic nitrogens is 2. The zero-order valence-corrected chi connectivity index (χ0v) is 15.4. The summed E-state index contributed by atoms with van der Waals surface area (Å²) in [4.78, 5) is 1.53. The molecule has 1 aliphatic heterocycles. The van der Waals surface area contributed by atoms with Crippen molar-refractivity contribution in [3.8, 4) is 5.75 Å². The Labute approximate surface area is 156 Å². The molecule has 0 bridgehead atoms. The van der Waals surface area contributed by atoms with E-state index in [-0.39, 0.29) is 55.4 Å². The quantitative estimate of drug-likeness (QED) is 0.612. The molecule has 3 N–H and O–H groups in total. The second kappa shape index (κ2) is 6.79. The first-order valence-electron chi connectivity index (χ1n) is 8.59.